The second-order valence-corrected chi connectivity index (χ2v) is 5.01. The van der Waals surface area contributed by atoms with Crippen LogP contribution in [0, 0.1) is 0 Å². The van der Waals surface area contributed by atoms with Crippen molar-refractivity contribution in [2.45, 2.75) is 6.54 Å². The maximum atomic E-state index is 5.85. The Morgan fingerprint density at radius 2 is 1.95 bits per heavy atom. The van der Waals surface area contributed by atoms with Gasteiger partial charge in [-0.25, -0.2) is 4.98 Å². The molecule has 4 nitrogen and oxygen atoms in total. The van der Waals surface area contributed by atoms with Crippen LogP contribution in [-0.2, 0) is 6.54 Å². The summed E-state index contributed by atoms with van der Waals surface area (Å²) in [5.74, 6) is 0.766. The van der Waals surface area contributed by atoms with Crippen LogP contribution >= 0.6 is 11.6 Å². The molecule has 0 saturated heterocycles. The second kappa shape index (κ2) is 5.89. The number of halogens is 1. The maximum Gasteiger partial charge on any atom is 0.149 e. The molecule has 0 atom stereocenters. The molecule has 1 aromatic heterocycles. The molecule has 1 heterocycles. The van der Waals surface area contributed by atoms with Gasteiger partial charge in [-0.15, -0.1) is 0 Å². The van der Waals surface area contributed by atoms with E-state index in [0.29, 0.717) is 5.15 Å². The highest BCUT2D eigenvalue weighted by atomic mass is 35.5. The number of nitrogens with zero attached hydrogens (tertiary/aromatic N) is 4. The van der Waals surface area contributed by atoms with Crippen molar-refractivity contribution in [3.05, 3.63) is 47.4 Å². The average molecular weight is 277 g/mol. The van der Waals surface area contributed by atoms with Crippen LogP contribution in [-0.4, -0.2) is 31.1 Å². The lowest BCUT2D eigenvalue weighted by Crippen LogP contribution is -2.18. The molecule has 100 valence electrons. The summed E-state index contributed by atoms with van der Waals surface area (Å²) in [7, 11) is 6.04. The number of benzene rings is 1. The minimum Gasteiger partial charge on any atom is -0.378 e. The van der Waals surface area contributed by atoms with Gasteiger partial charge in [-0.05, 0) is 17.7 Å². The van der Waals surface area contributed by atoms with Gasteiger partial charge in [0.15, 0.2) is 0 Å². The Morgan fingerprint density at radius 1 is 1.16 bits per heavy atom. The maximum absolute atomic E-state index is 5.85. The lowest BCUT2D eigenvalue weighted by atomic mass is 10.2. The summed E-state index contributed by atoms with van der Waals surface area (Å²) in [6.45, 7) is 0.761. The Hall–Kier alpha value is -1.81. The van der Waals surface area contributed by atoms with Crippen LogP contribution in [0.1, 0.15) is 5.56 Å². The normalized spacial score (nSPS) is 10.3. The quantitative estimate of drug-likeness (QED) is 0.860. The molecule has 0 saturated carbocycles. The number of hydrogen-bond acceptors (Lipinski definition) is 4. The van der Waals surface area contributed by atoms with Crippen LogP contribution < -0.4 is 9.80 Å². The highest BCUT2D eigenvalue weighted by Gasteiger charge is 2.06. The molecule has 1 aromatic carbocycles. The molecule has 0 bridgehead atoms. The summed E-state index contributed by atoms with van der Waals surface area (Å²) < 4.78 is 0. The Bertz CT molecular complexity index is 557. The van der Waals surface area contributed by atoms with Crippen LogP contribution in [0.3, 0.4) is 0 Å². The van der Waals surface area contributed by atoms with Crippen molar-refractivity contribution in [3.8, 4) is 0 Å². The van der Waals surface area contributed by atoms with Crippen LogP contribution in [0.4, 0.5) is 11.5 Å². The molecule has 0 radical (unpaired) electrons. The summed E-state index contributed by atoms with van der Waals surface area (Å²) in [6.07, 6.45) is 3.24. The van der Waals surface area contributed by atoms with Crippen LogP contribution in [0.15, 0.2) is 36.7 Å². The largest absolute Gasteiger partial charge is 0.378 e. The molecule has 5 heteroatoms. The predicted octanol–water partition coefficient (Wildman–Crippen LogP) is 2.83. The Kier molecular flexibility index (Phi) is 4.22. The fourth-order valence-corrected chi connectivity index (χ4v) is 1.95. The molecule has 2 aromatic rings. The minimum atomic E-state index is 0.409. The van der Waals surface area contributed by atoms with E-state index in [9.17, 15) is 0 Å². The van der Waals surface area contributed by atoms with Crippen molar-refractivity contribution in [1.29, 1.82) is 0 Å². The number of rotatable bonds is 4. The zero-order valence-corrected chi connectivity index (χ0v) is 12.1. The van der Waals surface area contributed by atoms with Crippen LogP contribution in [0.25, 0.3) is 0 Å². The summed E-state index contributed by atoms with van der Waals surface area (Å²) in [5.41, 5.74) is 2.40. The van der Waals surface area contributed by atoms with Crippen molar-refractivity contribution in [1.82, 2.24) is 9.97 Å². The van der Waals surface area contributed by atoms with E-state index in [-0.39, 0.29) is 0 Å². The van der Waals surface area contributed by atoms with E-state index in [1.807, 2.05) is 26.0 Å². The molecule has 19 heavy (non-hydrogen) atoms. The molecule has 0 N–H and O–H groups in total. The lowest BCUT2D eigenvalue weighted by molar-refractivity contribution is 0.889. The molecule has 0 spiro atoms. The summed E-state index contributed by atoms with van der Waals surface area (Å²) in [4.78, 5) is 12.4. The Morgan fingerprint density at radius 3 is 2.63 bits per heavy atom. The smallest absolute Gasteiger partial charge is 0.149 e. The van der Waals surface area contributed by atoms with Crippen molar-refractivity contribution in [3.63, 3.8) is 0 Å². The van der Waals surface area contributed by atoms with Gasteiger partial charge >= 0.3 is 0 Å². The molecular weight excluding hydrogens is 260 g/mol. The molecular formula is C14H17ClN4. The third kappa shape index (κ3) is 3.58. The van der Waals surface area contributed by atoms with Gasteiger partial charge in [0.2, 0.25) is 0 Å². The van der Waals surface area contributed by atoms with Crippen molar-refractivity contribution in [2.24, 2.45) is 0 Å². The SMILES string of the molecule is CN(C)c1cccc(CN(C)c2cncc(Cl)n2)c1. The number of anilines is 2. The predicted molar refractivity (Wildman–Crippen MR) is 79.9 cm³/mol. The highest BCUT2D eigenvalue weighted by molar-refractivity contribution is 6.29. The van der Waals surface area contributed by atoms with E-state index in [1.54, 1.807) is 6.20 Å². The molecule has 0 aliphatic heterocycles. The molecule has 0 aliphatic carbocycles. The molecule has 0 aliphatic rings. The Labute approximate surface area is 118 Å². The van der Waals surface area contributed by atoms with E-state index in [0.717, 1.165) is 12.4 Å². The van der Waals surface area contributed by atoms with E-state index in [2.05, 4.69) is 39.1 Å². The van der Waals surface area contributed by atoms with E-state index in [4.69, 9.17) is 11.6 Å². The van der Waals surface area contributed by atoms with Gasteiger partial charge in [0.25, 0.3) is 0 Å². The third-order valence-electron chi connectivity index (χ3n) is 2.83. The minimum absolute atomic E-state index is 0.409. The van der Waals surface area contributed by atoms with Crippen molar-refractivity contribution in [2.75, 3.05) is 30.9 Å². The van der Waals surface area contributed by atoms with Crippen molar-refractivity contribution >= 4 is 23.1 Å². The first kappa shape index (κ1) is 13.6. The molecule has 0 fully saturated rings. The van der Waals surface area contributed by atoms with Crippen LogP contribution in [0.5, 0.6) is 0 Å². The molecule has 0 unspecified atom stereocenters. The third-order valence-corrected chi connectivity index (χ3v) is 3.01. The zero-order valence-electron chi connectivity index (χ0n) is 11.3. The topological polar surface area (TPSA) is 32.3 Å². The first-order valence-electron chi connectivity index (χ1n) is 6.01. The average Bonchev–Trinajstić information content (AvgIpc) is 2.39. The van der Waals surface area contributed by atoms with Crippen molar-refractivity contribution < 1.29 is 0 Å². The van der Waals surface area contributed by atoms with Gasteiger partial charge < -0.3 is 9.80 Å². The Balaban J connectivity index is 2.14. The van der Waals surface area contributed by atoms with Gasteiger partial charge in [0.05, 0.1) is 12.4 Å². The molecule has 0 amide bonds. The lowest BCUT2D eigenvalue weighted by Gasteiger charge is -2.19. The summed E-state index contributed by atoms with van der Waals surface area (Å²) in [5, 5.41) is 0.409. The fraction of sp³-hybridized carbons (Fsp3) is 0.286. The van der Waals surface area contributed by atoms with E-state index in [1.165, 1.54) is 17.4 Å². The standard InChI is InChI=1S/C14H17ClN4/c1-18(2)12-6-4-5-11(7-12)10-19(3)14-9-16-8-13(15)17-14/h4-9H,10H2,1-3H3. The summed E-state index contributed by atoms with van der Waals surface area (Å²) in [6, 6.07) is 8.40. The van der Waals surface area contributed by atoms with Crippen LogP contribution in [0.2, 0.25) is 5.15 Å². The first-order valence-corrected chi connectivity index (χ1v) is 6.39. The van der Waals surface area contributed by atoms with Gasteiger partial charge in [-0.3, -0.25) is 4.98 Å². The number of aromatic nitrogens is 2. The highest BCUT2D eigenvalue weighted by Crippen LogP contribution is 2.17. The summed E-state index contributed by atoms with van der Waals surface area (Å²) >= 11 is 5.85. The van der Waals surface area contributed by atoms with Gasteiger partial charge in [0, 0.05) is 33.4 Å². The fourth-order valence-electron chi connectivity index (χ4n) is 1.80. The van der Waals surface area contributed by atoms with E-state index >= 15 is 0 Å². The second-order valence-electron chi connectivity index (χ2n) is 4.62. The number of hydrogen-bond donors (Lipinski definition) is 0. The van der Waals surface area contributed by atoms with Gasteiger partial charge in [0.1, 0.15) is 11.0 Å². The van der Waals surface area contributed by atoms with E-state index < -0.39 is 0 Å². The van der Waals surface area contributed by atoms with Gasteiger partial charge in [-0.1, -0.05) is 23.7 Å². The zero-order chi connectivity index (χ0) is 13.8. The molecule has 2 rings (SSSR count). The monoisotopic (exact) mass is 276 g/mol. The first-order chi connectivity index (χ1) is 9.06. The van der Waals surface area contributed by atoms with Gasteiger partial charge in [-0.2, -0.15) is 0 Å².